The normalized spacial score (nSPS) is 30.8. The highest BCUT2D eigenvalue weighted by Crippen LogP contribution is 2.88. The Bertz CT molecular complexity index is 1560. The van der Waals surface area contributed by atoms with Gasteiger partial charge in [-0.2, -0.15) is 5.10 Å². The number of amides is 1. The summed E-state index contributed by atoms with van der Waals surface area (Å²) >= 11 is 19.1. The minimum atomic E-state index is -0.0823. The Hall–Kier alpha value is -2.27. The average Bonchev–Trinajstić information content (AvgIpc) is 3.47. The minimum Gasteiger partial charge on any atom is -0.347 e. The third kappa shape index (κ3) is 3.50. The van der Waals surface area contributed by atoms with Crippen LogP contribution in [0, 0.1) is 22.2 Å². The van der Waals surface area contributed by atoms with Crippen molar-refractivity contribution in [1.29, 1.82) is 0 Å². The smallest absolute Gasteiger partial charge is 0.272 e. The first-order valence-corrected chi connectivity index (χ1v) is 15.0. The Morgan fingerprint density at radius 3 is 2.51 bits per heavy atom. The molecule has 1 spiro atoms. The molecule has 7 rings (SSSR count). The van der Waals surface area contributed by atoms with Crippen molar-refractivity contribution in [2.45, 2.75) is 65.3 Å². The van der Waals surface area contributed by atoms with Gasteiger partial charge < -0.3 is 5.32 Å². The standard InChI is InChI=1S/C32H32Cl3N3O/c1-30(2)29(31(3)14-13-20-17-32(20,30)31)36-28(39)26-23-6-4-5-19(15-18-7-9-21(33)10-8-18)27(23)38(37-26)25-12-11-22(34)16-24(25)35/h7-12,15-16,20,29H,4-6,13-14,17H2,1-3H3,(H,36,39)/b19-15+/t20?,29-,31+,32+/m0/s1. The fourth-order valence-corrected chi connectivity index (χ4v) is 9.63. The molecule has 4 aliphatic carbocycles. The third-order valence-electron chi connectivity index (χ3n) is 10.6. The van der Waals surface area contributed by atoms with Crippen LogP contribution in [0.1, 0.15) is 80.2 Å². The number of hydrogen-bond donors (Lipinski definition) is 1. The molecule has 3 fully saturated rings. The highest BCUT2D eigenvalue weighted by atomic mass is 35.5. The molecule has 202 valence electrons. The van der Waals surface area contributed by atoms with Gasteiger partial charge in [0, 0.05) is 21.7 Å². The van der Waals surface area contributed by atoms with E-state index in [4.69, 9.17) is 39.9 Å². The minimum absolute atomic E-state index is 0.0823. The highest BCUT2D eigenvalue weighted by molar-refractivity contribution is 6.35. The van der Waals surface area contributed by atoms with E-state index in [0.29, 0.717) is 31.9 Å². The zero-order valence-electron chi connectivity index (χ0n) is 22.5. The predicted octanol–water partition coefficient (Wildman–Crippen LogP) is 8.65. The lowest BCUT2D eigenvalue weighted by molar-refractivity contribution is -0.146. The molecule has 4 nitrogen and oxygen atoms in total. The van der Waals surface area contributed by atoms with E-state index >= 15 is 0 Å². The summed E-state index contributed by atoms with van der Waals surface area (Å²) in [6, 6.07) is 13.4. The van der Waals surface area contributed by atoms with E-state index in [1.807, 2.05) is 41.1 Å². The number of rotatable bonds is 4. The molecule has 39 heavy (non-hydrogen) atoms. The quantitative estimate of drug-likeness (QED) is 0.336. The molecule has 1 aromatic heterocycles. The average molecular weight is 581 g/mol. The lowest BCUT2D eigenvalue weighted by Crippen LogP contribution is -2.71. The monoisotopic (exact) mass is 579 g/mol. The molecule has 7 heteroatoms. The Balaban J connectivity index is 1.32. The van der Waals surface area contributed by atoms with Crippen LogP contribution in [0.2, 0.25) is 15.1 Å². The molecule has 0 bridgehead atoms. The number of fused-ring (bicyclic) bond motifs is 1. The van der Waals surface area contributed by atoms with E-state index in [-0.39, 0.29) is 22.8 Å². The first kappa shape index (κ1) is 25.7. The second kappa shape index (κ2) is 8.61. The first-order chi connectivity index (χ1) is 18.6. The summed E-state index contributed by atoms with van der Waals surface area (Å²) in [7, 11) is 0. The van der Waals surface area contributed by atoms with Crippen LogP contribution in [0.5, 0.6) is 0 Å². The summed E-state index contributed by atoms with van der Waals surface area (Å²) < 4.78 is 1.85. The van der Waals surface area contributed by atoms with Crippen molar-refractivity contribution < 1.29 is 4.79 Å². The Kier molecular flexibility index (Phi) is 5.67. The molecule has 3 aromatic rings. The molecule has 1 N–H and O–H groups in total. The van der Waals surface area contributed by atoms with Crippen molar-refractivity contribution in [3.8, 4) is 5.69 Å². The molecule has 0 saturated heterocycles. The fourth-order valence-electron chi connectivity index (χ4n) is 9.02. The molecule has 0 radical (unpaired) electrons. The second-order valence-corrected chi connectivity index (χ2v) is 14.0. The van der Waals surface area contributed by atoms with Crippen molar-refractivity contribution in [2.24, 2.45) is 22.2 Å². The molecule has 4 atom stereocenters. The van der Waals surface area contributed by atoms with E-state index in [2.05, 4.69) is 32.2 Å². The van der Waals surface area contributed by atoms with Gasteiger partial charge in [0.2, 0.25) is 0 Å². The Labute approximate surface area is 244 Å². The van der Waals surface area contributed by atoms with Gasteiger partial charge in [0.25, 0.3) is 5.91 Å². The van der Waals surface area contributed by atoms with Crippen LogP contribution in [0.25, 0.3) is 17.3 Å². The van der Waals surface area contributed by atoms with Gasteiger partial charge in [-0.3, -0.25) is 4.79 Å². The molecule has 1 amide bonds. The summed E-state index contributed by atoms with van der Waals surface area (Å²) in [5.41, 5.74) is 5.97. The molecule has 4 aliphatic rings. The largest absolute Gasteiger partial charge is 0.347 e. The number of allylic oxidation sites excluding steroid dienone is 1. The Morgan fingerprint density at radius 1 is 1.05 bits per heavy atom. The van der Waals surface area contributed by atoms with Crippen molar-refractivity contribution >= 4 is 52.4 Å². The zero-order chi connectivity index (χ0) is 27.3. The summed E-state index contributed by atoms with van der Waals surface area (Å²) in [4.78, 5) is 14.1. The molecule has 3 saturated carbocycles. The lowest BCUT2D eigenvalue weighted by atomic mass is 9.41. The summed E-state index contributed by atoms with van der Waals surface area (Å²) in [5, 5.41) is 10.2. The molecular formula is C32H32Cl3N3O. The van der Waals surface area contributed by atoms with Crippen molar-refractivity contribution in [1.82, 2.24) is 15.1 Å². The van der Waals surface area contributed by atoms with E-state index in [1.54, 1.807) is 6.07 Å². The highest BCUT2D eigenvalue weighted by Gasteiger charge is 2.85. The van der Waals surface area contributed by atoms with Crippen molar-refractivity contribution in [2.75, 3.05) is 0 Å². The van der Waals surface area contributed by atoms with Gasteiger partial charge in [-0.05, 0) is 108 Å². The van der Waals surface area contributed by atoms with Crippen molar-refractivity contribution in [3.63, 3.8) is 0 Å². The van der Waals surface area contributed by atoms with Crippen LogP contribution in [0.3, 0.4) is 0 Å². The summed E-state index contributed by atoms with van der Waals surface area (Å²) in [6.45, 7) is 7.09. The maximum atomic E-state index is 14.1. The lowest BCUT2D eigenvalue weighted by Gasteiger charge is -2.66. The van der Waals surface area contributed by atoms with Crippen LogP contribution >= 0.6 is 34.8 Å². The molecular weight excluding hydrogens is 549 g/mol. The number of nitrogens with one attached hydrogen (secondary N) is 1. The van der Waals surface area contributed by atoms with Gasteiger partial charge in [-0.25, -0.2) is 4.68 Å². The van der Waals surface area contributed by atoms with Crippen LogP contribution in [0.4, 0.5) is 0 Å². The fraction of sp³-hybridized carbons (Fsp3) is 0.438. The van der Waals surface area contributed by atoms with E-state index in [9.17, 15) is 4.79 Å². The van der Waals surface area contributed by atoms with E-state index in [0.717, 1.165) is 47.6 Å². The first-order valence-electron chi connectivity index (χ1n) is 13.9. The molecule has 1 heterocycles. The van der Waals surface area contributed by atoms with E-state index < -0.39 is 0 Å². The molecule has 2 aromatic carbocycles. The number of hydrogen-bond acceptors (Lipinski definition) is 2. The predicted molar refractivity (Wildman–Crippen MR) is 159 cm³/mol. The summed E-state index contributed by atoms with van der Waals surface area (Å²) in [5.74, 6) is 0.742. The number of nitrogens with zero attached hydrogens (tertiary/aromatic N) is 2. The molecule has 0 aliphatic heterocycles. The van der Waals surface area contributed by atoms with Gasteiger partial charge in [0.05, 0.1) is 16.4 Å². The third-order valence-corrected chi connectivity index (χ3v) is 11.4. The van der Waals surface area contributed by atoms with Gasteiger partial charge in [-0.15, -0.1) is 0 Å². The number of halogens is 3. The van der Waals surface area contributed by atoms with Gasteiger partial charge in [-0.1, -0.05) is 67.7 Å². The Morgan fingerprint density at radius 2 is 1.79 bits per heavy atom. The number of carbonyl (C=O) groups is 1. The number of carbonyl (C=O) groups excluding carboxylic acids is 1. The van der Waals surface area contributed by atoms with Crippen LogP contribution in [-0.2, 0) is 6.42 Å². The maximum Gasteiger partial charge on any atom is 0.272 e. The van der Waals surface area contributed by atoms with Gasteiger partial charge in [0.15, 0.2) is 5.69 Å². The summed E-state index contributed by atoms with van der Waals surface area (Å²) in [6.07, 6.45) is 8.57. The topological polar surface area (TPSA) is 46.9 Å². The van der Waals surface area contributed by atoms with Gasteiger partial charge >= 0.3 is 0 Å². The van der Waals surface area contributed by atoms with E-state index in [1.165, 1.54) is 19.3 Å². The molecule has 1 unspecified atom stereocenters. The zero-order valence-corrected chi connectivity index (χ0v) is 24.7. The van der Waals surface area contributed by atoms with Crippen molar-refractivity contribution in [3.05, 3.63) is 80.0 Å². The van der Waals surface area contributed by atoms with Crippen LogP contribution < -0.4 is 5.32 Å². The maximum absolute atomic E-state index is 14.1. The SMILES string of the molecule is CC1(C)[C@H](NC(=O)c2nn(-c3ccc(Cl)cc3Cl)c3c2CCC/C3=C\c2ccc(Cl)cc2)[C@@]2(C)CCC3C[C@@]312. The van der Waals surface area contributed by atoms with Crippen LogP contribution in [-0.4, -0.2) is 21.7 Å². The van der Waals surface area contributed by atoms with Gasteiger partial charge in [0.1, 0.15) is 0 Å². The van der Waals surface area contributed by atoms with Crippen LogP contribution in [0.15, 0.2) is 42.5 Å². The number of aromatic nitrogens is 2. The number of benzene rings is 2. The second-order valence-electron chi connectivity index (χ2n) is 12.7.